The fourth-order valence-corrected chi connectivity index (χ4v) is 1.71. The molecule has 2 N–H and O–H groups in total. The van der Waals surface area contributed by atoms with Gasteiger partial charge in [0.1, 0.15) is 5.01 Å². The minimum absolute atomic E-state index is 0.237. The van der Waals surface area contributed by atoms with Crippen LogP contribution in [0.2, 0.25) is 0 Å². The largest absolute Gasteiger partial charge is 0.320 e. The zero-order valence-electron chi connectivity index (χ0n) is 7.22. The van der Waals surface area contributed by atoms with Crippen molar-refractivity contribution in [3.8, 4) is 0 Å². The summed E-state index contributed by atoms with van der Waals surface area (Å²) in [5.41, 5.74) is 6.83. The van der Waals surface area contributed by atoms with Gasteiger partial charge in [-0.2, -0.15) is 0 Å². The first kappa shape index (κ1) is 8.68. The van der Waals surface area contributed by atoms with E-state index in [0.29, 0.717) is 0 Å². The summed E-state index contributed by atoms with van der Waals surface area (Å²) in [6.07, 6.45) is 0.931. The normalized spacial score (nSPS) is 16.4. The molecule has 1 aromatic heterocycles. The van der Waals surface area contributed by atoms with Gasteiger partial charge in [0.25, 0.3) is 0 Å². The molecule has 0 saturated carbocycles. The van der Waals surface area contributed by atoms with Crippen molar-refractivity contribution in [1.82, 2.24) is 4.98 Å². The Morgan fingerprint density at radius 2 is 2.36 bits per heavy atom. The third-order valence-corrected chi connectivity index (χ3v) is 3.08. The maximum Gasteiger partial charge on any atom is 0.112 e. The van der Waals surface area contributed by atoms with E-state index in [1.165, 1.54) is 0 Å². The summed E-state index contributed by atoms with van der Waals surface area (Å²) in [5, 5.41) is 3.08. The summed E-state index contributed by atoms with van der Waals surface area (Å²) < 4.78 is 0. The van der Waals surface area contributed by atoms with Gasteiger partial charge in [-0.1, -0.05) is 6.92 Å². The van der Waals surface area contributed by atoms with Gasteiger partial charge >= 0.3 is 0 Å². The van der Waals surface area contributed by atoms with Gasteiger partial charge in [-0.25, -0.2) is 4.98 Å². The summed E-state index contributed by atoms with van der Waals surface area (Å²) in [7, 11) is 0. The highest BCUT2D eigenvalue weighted by Crippen LogP contribution is 2.24. The predicted octanol–water partition coefficient (Wildman–Crippen LogP) is 2.04. The lowest BCUT2D eigenvalue weighted by molar-refractivity contribution is 0.473. The summed E-state index contributed by atoms with van der Waals surface area (Å²) in [6.45, 7) is 6.09. The van der Waals surface area contributed by atoms with Crippen molar-refractivity contribution in [3.05, 3.63) is 16.1 Å². The highest BCUT2D eigenvalue weighted by molar-refractivity contribution is 7.09. The van der Waals surface area contributed by atoms with Crippen LogP contribution in [0.3, 0.4) is 0 Å². The molecule has 11 heavy (non-hydrogen) atoms. The smallest absolute Gasteiger partial charge is 0.112 e. The second-order valence-corrected chi connectivity index (χ2v) is 3.92. The zero-order chi connectivity index (χ0) is 8.48. The molecule has 0 aliphatic rings. The average Bonchev–Trinajstić information content (AvgIpc) is 2.36. The minimum Gasteiger partial charge on any atom is -0.320 e. The molecule has 1 atom stereocenters. The fraction of sp³-hybridized carbons (Fsp3) is 0.625. The molecule has 1 rings (SSSR count). The number of aryl methyl sites for hydroxylation is 1. The molecular weight excluding hydrogens is 156 g/mol. The molecule has 0 radical (unpaired) electrons. The number of thiazole rings is 1. The number of nitrogens with zero attached hydrogens (tertiary/aromatic N) is 1. The van der Waals surface area contributed by atoms with Crippen LogP contribution in [0.25, 0.3) is 0 Å². The Hall–Kier alpha value is -0.410. The number of nitrogens with two attached hydrogens (primary N) is 1. The lowest BCUT2D eigenvalue weighted by Crippen LogP contribution is -2.31. The van der Waals surface area contributed by atoms with Gasteiger partial charge in [-0.05, 0) is 20.3 Å². The summed E-state index contributed by atoms with van der Waals surface area (Å²) in [4.78, 5) is 4.35. The van der Waals surface area contributed by atoms with Crippen LogP contribution in [0.15, 0.2) is 5.38 Å². The van der Waals surface area contributed by atoms with Crippen LogP contribution in [0, 0.1) is 6.92 Å². The maximum absolute atomic E-state index is 6.00. The van der Waals surface area contributed by atoms with Crippen LogP contribution >= 0.6 is 11.3 Å². The third kappa shape index (κ3) is 1.79. The van der Waals surface area contributed by atoms with Crippen molar-refractivity contribution < 1.29 is 0 Å². The minimum atomic E-state index is -0.237. The lowest BCUT2D eigenvalue weighted by atomic mass is 10.0. The van der Waals surface area contributed by atoms with Gasteiger partial charge in [0, 0.05) is 11.1 Å². The van der Waals surface area contributed by atoms with E-state index in [2.05, 4.69) is 11.9 Å². The molecule has 0 saturated heterocycles. The molecule has 0 spiro atoms. The monoisotopic (exact) mass is 170 g/mol. The highest BCUT2D eigenvalue weighted by atomic mass is 32.1. The summed E-state index contributed by atoms with van der Waals surface area (Å²) in [6, 6.07) is 0. The van der Waals surface area contributed by atoms with E-state index in [0.717, 1.165) is 17.1 Å². The average molecular weight is 170 g/mol. The van der Waals surface area contributed by atoms with Gasteiger partial charge in [-0.3, -0.25) is 0 Å². The van der Waals surface area contributed by atoms with E-state index in [-0.39, 0.29) is 5.54 Å². The molecule has 2 nitrogen and oxygen atoms in total. The highest BCUT2D eigenvalue weighted by Gasteiger charge is 2.21. The van der Waals surface area contributed by atoms with E-state index in [4.69, 9.17) is 5.73 Å². The Kier molecular flexibility index (Phi) is 2.30. The summed E-state index contributed by atoms with van der Waals surface area (Å²) >= 11 is 1.64. The van der Waals surface area contributed by atoms with Crippen molar-refractivity contribution >= 4 is 11.3 Å². The third-order valence-electron chi connectivity index (χ3n) is 1.84. The SMILES string of the molecule is CC[C@@](C)(N)c1nc(C)cs1. The molecular formula is C8H14N2S. The Balaban J connectivity index is 2.92. The van der Waals surface area contributed by atoms with Crippen LogP contribution in [0.1, 0.15) is 31.0 Å². The zero-order valence-corrected chi connectivity index (χ0v) is 8.03. The second kappa shape index (κ2) is 2.91. The number of rotatable bonds is 2. The topological polar surface area (TPSA) is 38.9 Å². The van der Waals surface area contributed by atoms with E-state index < -0.39 is 0 Å². The molecule has 0 aliphatic carbocycles. The van der Waals surface area contributed by atoms with Gasteiger partial charge in [0.05, 0.1) is 5.54 Å². The van der Waals surface area contributed by atoms with Gasteiger partial charge in [-0.15, -0.1) is 11.3 Å². The van der Waals surface area contributed by atoms with E-state index >= 15 is 0 Å². The van der Waals surface area contributed by atoms with Gasteiger partial charge in [0.2, 0.25) is 0 Å². The van der Waals surface area contributed by atoms with Crippen molar-refractivity contribution in [2.75, 3.05) is 0 Å². The van der Waals surface area contributed by atoms with Crippen molar-refractivity contribution in [1.29, 1.82) is 0 Å². The first-order valence-corrected chi connectivity index (χ1v) is 4.65. The van der Waals surface area contributed by atoms with Crippen molar-refractivity contribution in [2.45, 2.75) is 32.7 Å². The van der Waals surface area contributed by atoms with Crippen LogP contribution < -0.4 is 5.73 Å². The van der Waals surface area contributed by atoms with Crippen LogP contribution in [0.5, 0.6) is 0 Å². The Bertz CT molecular complexity index is 240. The lowest BCUT2D eigenvalue weighted by Gasteiger charge is -2.18. The van der Waals surface area contributed by atoms with Crippen LogP contribution in [-0.2, 0) is 5.54 Å². The quantitative estimate of drug-likeness (QED) is 0.737. The van der Waals surface area contributed by atoms with Crippen LogP contribution in [0.4, 0.5) is 0 Å². The molecule has 62 valence electrons. The Labute approximate surface area is 71.5 Å². The fourth-order valence-electron chi connectivity index (χ4n) is 0.768. The Morgan fingerprint density at radius 3 is 2.73 bits per heavy atom. The first-order valence-electron chi connectivity index (χ1n) is 3.78. The summed E-state index contributed by atoms with van der Waals surface area (Å²) in [5.74, 6) is 0. The van der Waals surface area contributed by atoms with Gasteiger partial charge < -0.3 is 5.73 Å². The standard InChI is InChI=1S/C8H14N2S/c1-4-8(3,9)7-10-6(2)5-11-7/h5H,4,9H2,1-3H3/t8-/m1/s1. The number of hydrogen-bond acceptors (Lipinski definition) is 3. The number of aromatic nitrogens is 1. The molecule has 0 aromatic carbocycles. The van der Waals surface area contributed by atoms with Gasteiger partial charge in [0.15, 0.2) is 0 Å². The molecule has 1 heterocycles. The molecule has 0 unspecified atom stereocenters. The van der Waals surface area contributed by atoms with E-state index in [1.807, 2.05) is 19.2 Å². The molecule has 1 aromatic rings. The van der Waals surface area contributed by atoms with E-state index in [1.54, 1.807) is 11.3 Å². The first-order chi connectivity index (χ1) is 5.06. The molecule has 0 bridgehead atoms. The van der Waals surface area contributed by atoms with E-state index in [9.17, 15) is 0 Å². The molecule has 0 fully saturated rings. The predicted molar refractivity (Wildman–Crippen MR) is 48.7 cm³/mol. The second-order valence-electron chi connectivity index (χ2n) is 3.07. The molecule has 0 aliphatic heterocycles. The van der Waals surface area contributed by atoms with Crippen molar-refractivity contribution in [2.24, 2.45) is 5.73 Å². The van der Waals surface area contributed by atoms with Crippen molar-refractivity contribution in [3.63, 3.8) is 0 Å². The molecule has 3 heteroatoms. The maximum atomic E-state index is 6.00. The van der Waals surface area contributed by atoms with Crippen LogP contribution in [-0.4, -0.2) is 4.98 Å². The molecule has 0 amide bonds. The Morgan fingerprint density at radius 1 is 1.73 bits per heavy atom. The number of hydrogen-bond donors (Lipinski definition) is 1.